The first-order valence-corrected chi connectivity index (χ1v) is 13.5. The number of hydrogen-bond donors (Lipinski definition) is 0. The Morgan fingerprint density at radius 1 is 1.14 bits per heavy atom. The van der Waals surface area contributed by atoms with E-state index in [0.717, 1.165) is 29.9 Å². The molecule has 0 N–H and O–H groups in total. The van der Waals surface area contributed by atoms with Gasteiger partial charge in [-0.15, -0.1) is 0 Å². The van der Waals surface area contributed by atoms with Crippen molar-refractivity contribution in [1.29, 1.82) is 0 Å². The zero-order chi connectivity index (χ0) is 26.2. The van der Waals surface area contributed by atoms with Crippen molar-refractivity contribution in [2.75, 3.05) is 32.3 Å². The van der Waals surface area contributed by atoms with E-state index < -0.39 is 23.6 Å². The van der Waals surface area contributed by atoms with Gasteiger partial charge in [-0.3, -0.25) is 9.69 Å². The standard InChI is InChI=1S/C25H27NO7S3/c1-6-32-13-9-10-15-14(12-13)17(24-35-18(22(28)30-4)19(36-24)23(29)31-5)20(34)25(2,3)26(15)21(27)16-8-7-11-33-16/h9-10,12,16H,6-8,11H2,1-5H3/t16-/m0/s1. The lowest BCUT2D eigenvalue weighted by Gasteiger charge is -2.46. The summed E-state index contributed by atoms with van der Waals surface area (Å²) < 4.78 is 21.9. The van der Waals surface area contributed by atoms with Gasteiger partial charge in [0.1, 0.15) is 21.7 Å². The van der Waals surface area contributed by atoms with Crippen LogP contribution in [-0.2, 0) is 28.6 Å². The van der Waals surface area contributed by atoms with Crippen molar-refractivity contribution in [3.63, 3.8) is 0 Å². The minimum Gasteiger partial charge on any atom is -0.494 e. The number of fused-ring (bicyclic) bond motifs is 1. The molecule has 11 heteroatoms. The fourth-order valence-electron chi connectivity index (χ4n) is 4.37. The third kappa shape index (κ3) is 4.57. The normalized spacial score (nSPS) is 21.0. The number of carbonyl (C=O) groups excluding carboxylic acids is 3. The van der Waals surface area contributed by atoms with Gasteiger partial charge in [-0.05, 0) is 51.8 Å². The summed E-state index contributed by atoms with van der Waals surface area (Å²) in [5.41, 5.74) is 1.12. The summed E-state index contributed by atoms with van der Waals surface area (Å²) in [4.78, 5) is 41.1. The molecule has 36 heavy (non-hydrogen) atoms. The number of anilines is 1. The topological polar surface area (TPSA) is 91.4 Å². The summed E-state index contributed by atoms with van der Waals surface area (Å²) in [6.45, 7) is 6.68. The first-order valence-electron chi connectivity index (χ1n) is 11.4. The molecule has 0 spiro atoms. The van der Waals surface area contributed by atoms with Crippen LogP contribution in [0.15, 0.2) is 32.2 Å². The van der Waals surface area contributed by atoms with Crippen molar-refractivity contribution in [3.8, 4) is 5.75 Å². The van der Waals surface area contributed by atoms with Crippen LogP contribution >= 0.6 is 35.7 Å². The van der Waals surface area contributed by atoms with Gasteiger partial charge in [-0.25, -0.2) is 9.59 Å². The quantitative estimate of drug-likeness (QED) is 0.298. The van der Waals surface area contributed by atoms with Crippen LogP contribution in [0.25, 0.3) is 5.57 Å². The summed E-state index contributed by atoms with van der Waals surface area (Å²) >= 11 is 8.24. The molecule has 0 bridgehead atoms. The molecule has 1 fully saturated rings. The predicted octanol–water partition coefficient (Wildman–Crippen LogP) is 4.47. The fraction of sp³-hybridized carbons (Fsp3) is 0.440. The second kappa shape index (κ2) is 10.6. The maximum atomic E-state index is 13.7. The van der Waals surface area contributed by atoms with Gasteiger partial charge in [0.2, 0.25) is 0 Å². The molecule has 3 aliphatic heterocycles. The van der Waals surface area contributed by atoms with E-state index in [1.807, 2.05) is 39.0 Å². The van der Waals surface area contributed by atoms with E-state index in [2.05, 4.69) is 0 Å². The first kappa shape index (κ1) is 26.7. The molecule has 0 unspecified atom stereocenters. The molecule has 1 amide bonds. The van der Waals surface area contributed by atoms with Crippen LogP contribution < -0.4 is 9.64 Å². The summed E-state index contributed by atoms with van der Waals surface area (Å²) in [5, 5.41) is 0. The van der Waals surface area contributed by atoms with E-state index in [1.54, 1.807) is 4.90 Å². The molecule has 3 aliphatic rings. The number of esters is 2. The van der Waals surface area contributed by atoms with Gasteiger partial charge in [0, 0.05) is 17.7 Å². The zero-order valence-corrected chi connectivity index (χ0v) is 23.1. The number of rotatable bonds is 5. The molecule has 4 rings (SSSR count). The van der Waals surface area contributed by atoms with Crippen LogP contribution in [0.2, 0.25) is 0 Å². The number of carbonyl (C=O) groups is 3. The molecular formula is C25H27NO7S3. The molecule has 0 aliphatic carbocycles. The van der Waals surface area contributed by atoms with Crippen molar-refractivity contribution < 1.29 is 33.3 Å². The minimum absolute atomic E-state index is 0.137. The summed E-state index contributed by atoms with van der Waals surface area (Å²) in [5.74, 6) is -0.806. The number of methoxy groups -OCH3 is 2. The number of thiocarbonyl (C=S) groups is 1. The molecule has 0 radical (unpaired) electrons. The Labute approximate surface area is 223 Å². The largest absolute Gasteiger partial charge is 0.494 e. The lowest BCUT2D eigenvalue weighted by molar-refractivity contribution is -0.138. The van der Waals surface area contributed by atoms with E-state index in [-0.39, 0.29) is 15.7 Å². The smallest absolute Gasteiger partial charge is 0.346 e. The Morgan fingerprint density at radius 3 is 2.31 bits per heavy atom. The van der Waals surface area contributed by atoms with E-state index in [1.165, 1.54) is 14.2 Å². The van der Waals surface area contributed by atoms with Crippen molar-refractivity contribution in [1.82, 2.24) is 0 Å². The SMILES string of the molecule is CCOc1ccc2c(c1)C(=C1SC(C(=O)OC)=C(C(=O)OC)S1)C(=S)C(C)(C)N2C(=O)[C@@H]1CCCO1. The second-order valence-electron chi connectivity index (χ2n) is 8.68. The average molecular weight is 550 g/mol. The lowest BCUT2D eigenvalue weighted by Crippen LogP contribution is -2.58. The predicted molar refractivity (Wildman–Crippen MR) is 144 cm³/mol. The minimum atomic E-state index is -0.888. The van der Waals surface area contributed by atoms with Crippen molar-refractivity contribution in [3.05, 3.63) is 37.8 Å². The van der Waals surface area contributed by atoms with Crippen LogP contribution in [0.4, 0.5) is 5.69 Å². The van der Waals surface area contributed by atoms with Gasteiger partial charge >= 0.3 is 11.9 Å². The van der Waals surface area contributed by atoms with Crippen molar-refractivity contribution in [2.45, 2.75) is 45.3 Å². The Balaban J connectivity index is 1.90. The van der Waals surface area contributed by atoms with Gasteiger partial charge in [-0.1, -0.05) is 35.7 Å². The molecular weight excluding hydrogens is 522 g/mol. The molecule has 192 valence electrons. The highest BCUT2D eigenvalue weighted by Gasteiger charge is 2.48. The Morgan fingerprint density at radius 2 is 1.78 bits per heavy atom. The summed E-state index contributed by atoms with van der Waals surface area (Å²) in [6.07, 6.45) is 0.944. The number of hydrogen-bond acceptors (Lipinski definition) is 10. The highest BCUT2D eigenvalue weighted by atomic mass is 32.2. The molecule has 3 heterocycles. The van der Waals surface area contributed by atoms with Crippen molar-refractivity contribution in [2.24, 2.45) is 0 Å². The van der Waals surface area contributed by atoms with Crippen LogP contribution in [0.5, 0.6) is 5.75 Å². The Hall–Kier alpha value is -2.34. The molecule has 1 aromatic rings. The average Bonchev–Trinajstić information content (AvgIpc) is 3.55. The van der Waals surface area contributed by atoms with Crippen LogP contribution in [0.1, 0.15) is 39.2 Å². The fourth-order valence-corrected chi connectivity index (χ4v) is 7.40. The third-order valence-electron chi connectivity index (χ3n) is 6.10. The van der Waals surface area contributed by atoms with E-state index in [0.29, 0.717) is 51.3 Å². The van der Waals surface area contributed by atoms with E-state index in [4.69, 9.17) is 31.2 Å². The van der Waals surface area contributed by atoms with Crippen molar-refractivity contribution >= 4 is 69.7 Å². The molecule has 0 aromatic heterocycles. The van der Waals surface area contributed by atoms with E-state index >= 15 is 0 Å². The van der Waals surface area contributed by atoms with Gasteiger partial charge in [0.25, 0.3) is 5.91 Å². The number of benzene rings is 1. The van der Waals surface area contributed by atoms with Crippen LogP contribution in [0.3, 0.4) is 0 Å². The first-order chi connectivity index (χ1) is 17.1. The summed E-state index contributed by atoms with van der Waals surface area (Å²) in [6, 6.07) is 5.50. The molecule has 8 nitrogen and oxygen atoms in total. The molecule has 1 atom stereocenters. The van der Waals surface area contributed by atoms with Crippen LogP contribution in [-0.4, -0.2) is 61.8 Å². The zero-order valence-electron chi connectivity index (χ0n) is 20.7. The number of amides is 1. The maximum Gasteiger partial charge on any atom is 0.346 e. The Kier molecular flexibility index (Phi) is 7.84. The molecule has 1 aromatic carbocycles. The third-order valence-corrected chi connectivity index (χ3v) is 9.36. The van der Waals surface area contributed by atoms with E-state index in [9.17, 15) is 14.4 Å². The number of ether oxygens (including phenoxy) is 4. The van der Waals surface area contributed by atoms with Gasteiger partial charge in [-0.2, -0.15) is 0 Å². The van der Waals surface area contributed by atoms with Gasteiger partial charge < -0.3 is 18.9 Å². The highest BCUT2D eigenvalue weighted by Crippen LogP contribution is 2.56. The lowest BCUT2D eigenvalue weighted by atomic mass is 9.82. The Bertz CT molecular complexity index is 1170. The van der Waals surface area contributed by atoms with Crippen LogP contribution in [0, 0.1) is 0 Å². The number of nitrogens with zero attached hydrogens (tertiary/aromatic N) is 1. The highest BCUT2D eigenvalue weighted by molar-refractivity contribution is 8.29. The number of thioether (sulfide) groups is 2. The monoisotopic (exact) mass is 549 g/mol. The van der Waals surface area contributed by atoms with Gasteiger partial charge in [0.05, 0.1) is 41.2 Å². The second-order valence-corrected chi connectivity index (χ2v) is 11.4. The molecule has 0 saturated carbocycles. The molecule has 1 saturated heterocycles. The summed E-state index contributed by atoms with van der Waals surface area (Å²) in [7, 11) is 2.51. The van der Waals surface area contributed by atoms with Gasteiger partial charge in [0.15, 0.2) is 0 Å². The maximum absolute atomic E-state index is 13.7.